The molecule has 0 radical (unpaired) electrons. The van der Waals surface area contributed by atoms with Gasteiger partial charge < -0.3 is 4.74 Å². The van der Waals surface area contributed by atoms with E-state index in [1.165, 1.54) is 0 Å². The molecule has 194 valence electrons. The van der Waals surface area contributed by atoms with Crippen LogP contribution in [0.15, 0.2) is 96.1 Å². The summed E-state index contributed by atoms with van der Waals surface area (Å²) < 4.78 is 6.10. The van der Waals surface area contributed by atoms with E-state index in [2.05, 4.69) is 44.2 Å². The molecule has 9 heteroatoms. The number of carbonyl (C=O) groups is 2. The Balaban J connectivity index is 1.16. The number of hydrogen-bond donors (Lipinski definition) is 2. The molecule has 8 nitrogen and oxygen atoms in total. The summed E-state index contributed by atoms with van der Waals surface area (Å²) in [5, 5.41) is 17.9. The molecule has 5 aromatic rings. The first kappa shape index (κ1) is 25.7. The number of benzene rings is 4. The normalized spacial score (nSPS) is 11.0. The summed E-state index contributed by atoms with van der Waals surface area (Å²) in [6, 6.07) is 29.1. The topological polar surface area (TPSA) is 106 Å². The average Bonchev–Trinajstić information content (AvgIpc) is 3.39. The van der Waals surface area contributed by atoms with Crippen LogP contribution in [0.2, 0.25) is 0 Å². The van der Waals surface area contributed by atoms with E-state index in [0.717, 1.165) is 38.8 Å². The number of amides is 2. The average molecular weight is 536 g/mol. The van der Waals surface area contributed by atoms with Crippen LogP contribution in [-0.2, 0) is 17.8 Å². The zero-order valence-electron chi connectivity index (χ0n) is 21.1. The Hall–Kier alpha value is -4.89. The Labute approximate surface area is 229 Å². The zero-order chi connectivity index (χ0) is 27.0. The molecule has 1 heterocycles. The Kier molecular flexibility index (Phi) is 7.99. The highest BCUT2D eigenvalue weighted by Gasteiger charge is 2.14. The quantitative estimate of drug-likeness (QED) is 0.191. The SMILES string of the molecule is Cc1ccccc1C(=O)Nc1nnc(CC(=O)N/N=C/c2ccccc2OCc2cccc3ccccc23)s1. The summed E-state index contributed by atoms with van der Waals surface area (Å²) in [7, 11) is 0. The highest BCUT2D eigenvalue weighted by molar-refractivity contribution is 7.15. The molecule has 0 saturated heterocycles. The fourth-order valence-corrected chi connectivity index (χ4v) is 4.74. The van der Waals surface area contributed by atoms with Gasteiger partial charge in [-0.1, -0.05) is 84.1 Å². The molecule has 0 atom stereocenters. The minimum atomic E-state index is -0.353. The van der Waals surface area contributed by atoms with E-state index in [1.54, 1.807) is 18.3 Å². The standard InChI is InChI=1S/C30H25N5O3S/c1-20-9-2-5-14-24(20)29(37)32-30-35-34-28(39-30)17-27(36)33-31-18-22-11-4-7-16-26(22)38-19-23-13-8-12-21-10-3-6-15-25(21)23/h2-16,18H,17,19H2,1H3,(H,33,36)(H,32,35,37)/b31-18+. The lowest BCUT2D eigenvalue weighted by molar-refractivity contribution is -0.120. The number of para-hydroxylation sites is 1. The van der Waals surface area contributed by atoms with Crippen molar-refractivity contribution in [2.75, 3.05) is 5.32 Å². The molecule has 1 aromatic heterocycles. The van der Waals surface area contributed by atoms with Crippen molar-refractivity contribution >= 4 is 45.3 Å². The van der Waals surface area contributed by atoms with Gasteiger partial charge in [-0.15, -0.1) is 10.2 Å². The number of nitrogens with one attached hydrogen (secondary N) is 2. The summed E-state index contributed by atoms with van der Waals surface area (Å²) in [6.45, 7) is 2.26. The van der Waals surface area contributed by atoms with Gasteiger partial charge in [-0.3, -0.25) is 14.9 Å². The first-order chi connectivity index (χ1) is 19.1. The lowest BCUT2D eigenvalue weighted by Crippen LogP contribution is -2.19. The monoisotopic (exact) mass is 535 g/mol. The highest BCUT2D eigenvalue weighted by atomic mass is 32.1. The minimum Gasteiger partial charge on any atom is -0.488 e. The van der Waals surface area contributed by atoms with Crippen molar-refractivity contribution in [3.63, 3.8) is 0 Å². The Morgan fingerprint density at radius 2 is 1.69 bits per heavy atom. The van der Waals surface area contributed by atoms with Crippen molar-refractivity contribution in [1.29, 1.82) is 0 Å². The van der Waals surface area contributed by atoms with Crippen LogP contribution in [0.5, 0.6) is 5.75 Å². The largest absolute Gasteiger partial charge is 0.488 e. The van der Waals surface area contributed by atoms with Crippen LogP contribution in [-0.4, -0.2) is 28.2 Å². The molecular formula is C30H25N5O3S. The summed E-state index contributed by atoms with van der Waals surface area (Å²) >= 11 is 1.14. The van der Waals surface area contributed by atoms with Crippen molar-refractivity contribution in [1.82, 2.24) is 15.6 Å². The van der Waals surface area contributed by atoms with Gasteiger partial charge in [-0.2, -0.15) is 5.10 Å². The number of nitrogens with zero attached hydrogens (tertiary/aromatic N) is 3. The van der Waals surface area contributed by atoms with Crippen LogP contribution in [0.3, 0.4) is 0 Å². The third-order valence-electron chi connectivity index (χ3n) is 5.96. The summed E-state index contributed by atoms with van der Waals surface area (Å²) in [5.74, 6) is 0.0288. The summed E-state index contributed by atoms with van der Waals surface area (Å²) in [5.41, 5.74) is 5.75. The van der Waals surface area contributed by atoms with E-state index < -0.39 is 0 Å². The van der Waals surface area contributed by atoms with Gasteiger partial charge in [0.15, 0.2) is 0 Å². The van der Waals surface area contributed by atoms with Gasteiger partial charge in [0.2, 0.25) is 11.0 Å². The second-order valence-corrected chi connectivity index (χ2v) is 9.77. The number of fused-ring (bicyclic) bond motifs is 1. The molecule has 0 spiro atoms. The number of carbonyl (C=O) groups excluding carboxylic acids is 2. The molecule has 5 rings (SSSR count). The maximum Gasteiger partial charge on any atom is 0.257 e. The van der Waals surface area contributed by atoms with Gasteiger partial charge in [-0.05, 0) is 47.0 Å². The highest BCUT2D eigenvalue weighted by Crippen LogP contribution is 2.22. The lowest BCUT2D eigenvalue weighted by atomic mass is 10.1. The van der Waals surface area contributed by atoms with E-state index in [1.807, 2.05) is 67.6 Å². The van der Waals surface area contributed by atoms with Crippen LogP contribution < -0.4 is 15.5 Å². The van der Waals surface area contributed by atoms with Gasteiger partial charge in [0.25, 0.3) is 5.91 Å². The molecule has 0 aliphatic rings. The Morgan fingerprint density at radius 3 is 2.59 bits per heavy atom. The fraction of sp³-hybridized carbons (Fsp3) is 0.100. The Bertz CT molecular complexity index is 1660. The Morgan fingerprint density at radius 1 is 0.923 bits per heavy atom. The summed E-state index contributed by atoms with van der Waals surface area (Å²) in [4.78, 5) is 24.9. The van der Waals surface area contributed by atoms with E-state index in [9.17, 15) is 9.59 Å². The number of ether oxygens (including phenoxy) is 1. The number of anilines is 1. The van der Waals surface area contributed by atoms with Gasteiger partial charge in [0.1, 0.15) is 17.4 Å². The van der Waals surface area contributed by atoms with Crippen LogP contribution >= 0.6 is 11.3 Å². The molecule has 0 aliphatic carbocycles. The second-order valence-electron chi connectivity index (χ2n) is 8.70. The van der Waals surface area contributed by atoms with E-state index >= 15 is 0 Å². The first-order valence-corrected chi connectivity index (χ1v) is 13.1. The van der Waals surface area contributed by atoms with Crippen molar-refractivity contribution in [3.8, 4) is 5.75 Å². The van der Waals surface area contributed by atoms with E-state index in [4.69, 9.17) is 4.74 Å². The van der Waals surface area contributed by atoms with Crippen molar-refractivity contribution in [2.45, 2.75) is 20.0 Å². The molecule has 2 N–H and O–H groups in total. The van der Waals surface area contributed by atoms with Crippen LogP contribution in [0.25, 0.3) is 10.8 Å². The minimum absolute atomic E-state index is 0.0194. The molecular weight excluding hydrogens is 510 g/mol. The van der Waals surface area contributed by atoms with Crippen molar-refractivity contribution in [3.05, 3.63) is 118 Å². The third-order valence-corrected chi connectivity index (χ3v) is 6.80. The molecule has 0 saturated carbocycles. The van der Waals surface area contributed by atoms with Crippen molar-refractivity contribution in [2.24, 2.45) is 5.10 Å². The van der Waals surface area contributed by atoms with E-state index in [-0.39, 0.29) is 18.2 Å². The molecule has 0 aliphatic heterocycles. The number of rotatable bonds is 9. The van der Waals surface area contributed by atoms with Gasteiger partial charge in [0, 0.05) is 11.1 Å². The molecule has 0 unspecified atom stereocenters. The molecule has 0 bridgehead atoms. The predicted molar refractivity (Wildman–Crippen MR) is 153 cm³/mol. The first-order valence-electron chi connectivity index (χ1n) is 12.3. The zero-order valence-corrected chi connectivity index (χ0v) is 21.9. The van der Waals surface area contributed by atoms with Crippen LogP contribution in [0.1, 0.15) is 32.1 Å². The molecule has 4 aromatic carbocycles. The number of hydrazone groups is 1. The van der Waals surface area contributed by atoms with Gasteiger partial charge in [0.05, 0.1) is 12.6 Å². The van der Waals surface area contributed by atoms with Crippen molar-refractivity contribution < 1.29 is 14.3 Å². The predicted octanol–water partition coefficient (Wildman–Crippen LogP) is 5.52. The fourth-order valence-electron chi connectivity index (χ4n) is 4.01. The lowest BCUT2D eigenvalue weighted by Gasteiger charge is -2.11. The maximum absolute atomic E-state index is 12.5. The smallest absolute Gasteiger partial charge is 0.257 e. The van der Waals surface area contributed by atoms with Gasteiger partial charge in [-0.25, -0.2) is 5.43 Å². The number of aromatic nitrogens is 2. The molecule has 2 amide bonds. The summed E-state index contributed by atoms with van der Waals surface area (Å²) in [6.07, 6.45) is 1.53. The number of hydrogen-bond acceptors (Lipinski definition) is 7. The molecule has 39 heavy (non-hydrogen) atoms. The maximum atomic E-state index is 12.5. The van der Waals surface area contributed by atoms with Crippen LogP contribution in [0, 0.1) is 6.92 Å². The van der Waals surface area contributed by atoms with E-state index in [0.29, 0.717) is 28.1 Å². The van der Waals surface area contributed by atoms with Gasteiger partial charge >= 0.3 is 0 Å². The molecule has 0 fully saturated rings. The third kappa shape index (κ3) is 6.52. The number of aryl methyl sites for hydroxylation is 1. The second kappa shape index (κ2) is 12.1. The van der Waals surface area contributed by atoms with Crippen LogP contribution in [0.4, 0.5) is 5.13 Å².